The van der Waals surface area contributed by atoms with Crippen molar-refractivity contribution in [1.29, 1.82) is 0 Å². The molecule has 1 aromatic heterocycles. The van der Waals surface area contributed by atoms with Crippen LogP contribution in [0.15, 0.2) is 54.9 Å². The van der Waals surface area contributed by atoms with E-state index in [1.165, 1.54) is 0 Å². The van der Waals surface area contributed by atoms with Crippen LogP contribution in [0.3, 0.4) is 0 Å². The molecular formula is C21H21F3N2O5. The van der Waals surface area contributed by atoms with Crippen molar-refractivity contribution >= 4 is 11.9 Å². The van der Waals surface area contributed by atoms with Crippen LogP contribution in [0.2, 0.25) is 0 Å². The van der Waals surface area contributed by atoms with Gasteiger partial charge in [-0.3, -0.25) is 9.78 Å². The van der Waals surface area contributed by atoms with Crippen LogP contribution >= 0.6 is 0 Å². The summed E-state index contributed by atoms with van der Waals surface area (Å²) in [4.78, 5) is 27.3. The van der Waals surface area contributed by atoms with Gasteiger partial charge in [0.25, 0.3) is 5.91 Å². The van der Waals surface area contributed by atoms with Gasteiger partial charge in [-0.15, -0.1) is 0 Å². The van der Waals surface area contributed by atoms with E-state index in [4.69, 9.17) is 19.4 Å². The number of halogens is 3. The summed E-state index contributed by atoms with van der Waals surface area (Å²) in [5.74, 6) is -1.61. The van der Waals surface area contributed by atoms with E-state index in [9.17, 15) is 18.0 Å². The normalized spacial score (nSPS) is 19.2. The van der Waals surface area contributed by atoms with Gasteiger partial charge in [0.2, 0.25) is 0 Å². The van der Waals surface area contributed by atoms with Crippen LogP contribution in [-0.4, -0.2) is 64.9 Å². The number of hydrogen-bond acceptors (Lipinski definition) is 5. The van der Waals surface area contributed by atoms with Crippen molar-refractivity contribution in [3.05, 3.63) is 60.4 Å². The maximum Gasteiger partial charge on any atom is 0.490 e. The molecule has 1 aromatic carbocycles. The number of alkyl halides is 3. The molecule has 10 heteroatoms. The molecule has 1 amide bonds. The summed E-state index contributed by atoms with van der Waals surface area (Å²) in [6.45, 7) is 2.61. The molecule has 0 saturated carbocycles. The van der Waals surface area contributed by atoms with Crippen LogP contribution in [0.1, 0.15) is 16.8 Å². The van der Waals surface area contributed by atoms with Gasteiger partial charge in [0.1, 0.15) is 11.4 Å². The summed E-state index contributed by atoms with van der Waals surface area (Å²) in [5, 5.41) is 7.12. The Balaban J connectivity index is 0.000000339. The summed E-state index contributed by atoms with van der Waals surface area (Å²) in [6, 6.07) is 13.2. The fourth-order valence-corrected chi connectivity index (χ4v) is 3.51. The highest BCUT2D eigenvalue weighted by Crippen LogP contribution is 2.40. The number of rotatable bonds is 4. The highest BCUT2D eigenvalue weighted by atomic mass is 19.4. The van der Waals surface area contributed by atoms with E-state index in [0.717, 1.165) is 24.3 Å². The lowest BCUT2D eigenvalue weighted by Gasteiger charge is -2.50. The van der Waals surface area contributed by atoms with Crippen molar-refractivity contribution in [2.75, 3.05) is 26.3 Å². The Morgan fingerprint density at radius 2 is 1.87 bits per heavy atom. The van der Waals surface area contributed by atoms with E-state index in [0.29, 0.717) is 25.6 Å². The van der Waals surface area contributed by atoms with E-state index < -0.39 is 12.1 Å². The molecule has 0 aliphatic carbocycles. The summed E-state index contributed by atoms with van der Waals surface area (Å²) in [6.07, 6.45) is -0.672. The molecule has 2 aromatic rings. The minimum atomic E-state index is -5.08. The average molecular weight is 438 g/mol. The molecule has 166 valence electrons. The first-order valence-corrected chi connectivity index (χ1v) is 9.52. The van der Waals surface area contributed by atoms with Gasteiger partial charge in [0, 0.05) is 24.3 Å². The average Bonchev–Trinajstić information content (AvgIpc) is 3.16. The SMILES string of the molecule is O=C(O)C(F)(F)F.O=C(c1ccccc1)N1CC2(C1)OCCC2COc1cccnc1. The molecule has 2 fully saturated rings. The number of ether oxygens (including phenoxy) is 2. The number of likely N-dealkylation sites (tertiary alicyclic amines) is 1. The molecule has 3 heterocycles. The number of carboxylic acids is 1. The third-order valence-electron chi connectivity index (χ3n) is 5.15. The number of pyridine rings is 1. The van der Waals surface area contributed by atoms with Gasteiger partial charge in [-0.1, -0.05) is 18.2 Å². The van der Waals surface area contributed by atoms with Gasteiger partial charge < -0.3 is 19.5 Å². The molecule has 0 bridgehead atoms. The first-order valence-electron chi connectivity index (χ1n) is 9.52. The van der Waals surface area contributed by atoms with E-state index >= 15 is 0 Å². The quantitative estimate of drug-likeness (QED) is 0.790. The number of aromatic nitrogens is 1. The van der Waals surface area contributed by atoms with E-state index in [2.05, 4.69) is 4.98 Å². The first-order chi connectivity index (χ1) is 14.7. The van der Waals surface area contributed by atoms with E-state index in [1.54, 1.807) is 12.4 Å². The molecule has 1 spiro atoms. The van der Waals surface area contributed by atoms with Crippen LogP contribution in [0.4, 0.5) is 13.2 Å². The molecule has 7 nitrogen and oxygen atoms in total. The molecule has 2 aliphatic heterocycles. The Labute approximate surface area is 176 Å². The van der Waals surface area contributed by atoms with Crippen molar-refractivity contribution in [1.82, 2.24) is 9.88 Å². The van der Waals surface area contributed by atoms with Gasteiger partial charge in [-0.2, -0.15) is 13.2 Å². The lowest BCUT2D eigenvalue weighted by atomic mass is 9.81. The Bertz CT molecular complexity index is 887. The number of carbonyl (C=O) groups excluding carboxylic acids is 1. The van der Waals surface area contributed by atoms with Crippen LogP contribution in [0.25, 0.3) is 0 Å². The zero-order chi connectivity index (χ0) is 22.5. The largest absolute Gasteiger partial charge is 0.492 e. The maximum atomic E-state index is 12.5. The second-order valence-electron chi connectivity index (χ2n) is 7.23. The molecule has 0 radical (unpaired) electrons. The summed E-state index contributed by atoms with van der Waals surface area (Å²) in [5.41, 5.74) is 0.487. The zero-order valence-electron chi connectivity index (χ0n) is 16.4. The van der Waals surface area contributed by atoms with Crippen molar-refractivity contribution in [2.24, 2.45) is 5.92 Å². The Hall–Kier alpha value is -3.14. The lowest BCUT2D eigenvalue weighted by molar-refractivity contribution is -0.192. The number of benzene rings is 1. The van der Waals surface area contributed by atoms with Gasteiger partial charge in [0.15, 0.2) is 0 Å². The van der Waals surface area contributed by atoms with Crippen molar-refractivity contribution < 1.29 is 37.3 Å². The third-order valence-corrected chi connectivity index (χ3v) is 5.15. The first kappa shape index (κ1) is 22.5. The molecular weight excluding hydrogens is 417 g/mol. The number of aliphatic carboxylic acids is 1. The number of amides is 1. The minimum absolute atomic E-state index is 0.0728. The van der Waals surface area contributed by atoms with Crippen molar-refractivity contribution in [2.45, 2.75) is 18.2 Å². The summed E-state index contributed by atoms with van der Waals surface area (Å²) in [7, 11) is 0. The highest BCUT2D eigenvalue weighted by Gasteiger charge is 2.54. The zero-order valence-corrected chi connectivity index (χ0v) is 16.4. The number of hydrogen-bond donors (Lipinski definition) is 1. The van der Waals surface area contributed by atoms with Crippen LogP contribution in [0.5, 0.6) is 5.75 Å². The fraction of sp³-hybridized carbons (Fsp3) is 0.381. The summed E-state index contributed by atoms with van der Waals surface area (Å²) < 4.78 is 43.6. The van der Waals surface area contributed by atoms with Crippen LogP contribution < -0.4 is 4.74 Å². The van der Waals surface area contributed by atoms with E-state index in [-0.39, 0.29) is 11.5 Å². The third kappa shape index (κ3) is 5.52. The Morgan fingerprint density at radius 1 is 1.19 bits per heavy atom. The molecule has 1 N–H and O–H groups in total. The summed E-state index contributed by atoms with van der Waals surface area (Å²) >= 11 is 0. The number of carboxylic acid groups (broad SMARTS) is 1. The van der Waals surface area contributed by atoms with Crippen molar-refractivity contribution in [3.8, 4) is 5.75 Å². The van der Waals surface area contributed by atoms with E-state index in [1.807, 2.05) is 47.4 Å². The van der Waals surface area contributed by atoms with Crippen LogP contribution in [0, 0.1) is 5.92 Å². The topological polar surface area (TPSA) is 89.0 Å². The minimum Gasteiger partial charge on any atom is -0.492 e. The lowest BCUT2D eigenvalue weighted by Crippen LogP contribution is -2.66. The predicted molar refractivity (Wildman–Crippen MR) is 103 cm³/mol. The maximum absolute atomic E-state index is 12.5. The van der Waals surface area contributed by atoms with Gasteiger partial charge in [-0.05, 0) is 30.7 Å². The van der Waals surface area contributed by atoms with Gasteiger partial charge in [-0.25, -0.2) is 4.79 Å². The Kier molecular flexibility index (Phi) is 6.79. The number of carbonyl (C=O) groups is 2. The predicted octanol–water partition coefficient (Wildman–Crippen LogP) is 3.03. The standard InChI is InChI=1S/C19H20N2O3.C2HF3O2/c22-18(15-5-2-1-3-6-15)21-13-19(14-21)16(8-10-24-19)12-23-17-7-4-9-20-11-17;3-2(4,5)1(6)7/h1-7,9,11,16H,8,10,12-14H2;(H,6,7). The molecule has 1 atom stereocenters. The smallest absolute Gasteiger partial charge is 0.490 e. The van der Waals surface area contributed by atoms with Gasteiger partial charge in [0.05, 0.1) is 25.9 Å². The number of nitrogens with zero attached hydrogens (tertiary/aromatic N) is 2. The second-order valence-corrected chi connectivity index (χ2v) is 7.23. The molecule has 1 unspecified atom stereocenters. The molecule has 2 saturated heterocycles. The van der Waals surface area contributed by atoms with Gasteiger partial charge >= 0.3 is 12.1 Å². The second kappa shape index (κ2) is 9.34. The monoisotopic (exact) mass is 438 g/mol. The molecule has 31 heavy (non-hydrogen) atoms. The molecule has 2 aliphatic rings. The molecule has 4 rings (SSSR count). The van der Waals surface area contributed by atoms with Crippen molar-refractivity contribution in [3.63, 3.8) is 0 Å². The Morgan fingerprint density at radius 3 is 2.45 bits per heavy atom. The fourth-order valence-electron chi connectivity index (χ4n) is 3.51. The highest BCUT2D eigenvalue weighted by molar-refractivity contribution is 5.94. The van der Waals surface area contributed by atoms with Crippen LogP contribution in [-0.2, 0) is 9.53 Å².